The van der Waals surface area contributed by atoms with Gasteiger partial charge in [0.05, 0.1) is 12.3 Å². The third-order valence-corrected chi connectivity index (χ3v) is 5.22. The Morgan fingerprint density at radius 2 is 2.12 bits per heavy atom. The van der Waals surface area contributed by atoms with Gasteiger partial charge in [0.2, 0.25) is 0 Å². The molecule has 6 heteroatoms. The number of benzene rings is 1. The van der Waals surface area contributed by atoms with Gasteiger partial charge in [0, 0.05) is 34.2 Å². The Labute approximate surface area is 144 Å². The van der Waals surface area contributed by atoms with Crippen molar-refractivity contribution in [1.29, 1.82) is 0 Å². The van der Waals surface area contributed by atoms with Crippen LogP contribution in [0.25, 0.3) is 0 Å². The molecule has 1 saturated heterocycles. The Kier molecular flexibility index (Phi) is 5.35. The van der Waals surface area contributed by atoms with E-state index in [1.807, 2.05) is 23.1 Å². The lowest BCUT2D eigenvalue weighted by Crippen LogP contribution is -2.37. The van der Waals surface area contributed by atoms with Crippen molar-refractivity contribution in [1.82, 2.24) is 4.90 Å². The smallest absolute Gasteiger partial charge is 0.322 e. The number of carbonyl (C=O) groups is 1. The van der Waals surface area contributed by atoms with E-state index in [4.69, 9.17) is 4.42 Å². The molecular weight excluding hydrogens is 324 g/mol. The van der Waals surface area contributed by atoms with E-state index in [9.17, 15) is 9.00 Å². The van der Waals surface area contributed by atoms with Crippen LogP contribution in [0.5, 0.6) is 0 Å². The van der Waals surface area contributed by atoms with Crippen LogP contribution in [0.2, 0.25) is 0 Å². The maximum atomic E-state index is 12.8. The molecule has 1 fully saturated rings. The highest BCUT2D eigenvalue weighted by Gasteiger charge is 2.28. The number of urea groups is 1. The minimum absolute atomic E-state index is 0.0361. The van der Waals surface area contributed by atoms with Gasteiger partial charge >= 0.3 is 6.03 Å². The van der Waals surface area contributed by atoms with Crippen LogP contribution < -0.4 is 5.32 Å². The molecule has 0 saturated carbocycles. The van der Waals surface area contributed by atoms with E-state index in [1.54, 1.807) is 30.7 Å². The zero-order valence-corrected chi connectivity index (χ0v) is 14.6. The molecule has 0 radical (unpaired) electrons. The second-order valence-corrected chi connectivity index (χ2v) is 7.37. The lowest BCUT2D eigenvalue weighted by molar-refractivity contribution is 0.179. The average Bonchev–Trinajstić information content (AvgIpc) is 2.99. The van der Waals surface area contributed by atoms with Gasteiger partial charge in [0.1, 0.15) is 5.76 Å². The number of nitrogens with zero attached hydrogens (tertiary/aromatic N) is 1. The monoisotopic (exact) mass is 346 g/mol. The second kappa shape index (κ2) is 7.66. The molecule has 1 aliphatic rings. The fraction of sp³-hybridized carbons (Fsp3) is 0.389. The van der Waals surface area contributed by atoms with Crippen molar-refractivity contribution in [3.8, 4) is 0 Å². The summed E-state index contributed by atoms with van der Waals surface area (Å²) in [6.45, 7) is 0.705. The van der Waals surface area contributed by atoms with E-state index >= 15 is 0 Å². The van der Waals surface area contributed by atoms with Crippen LogP contribution in [0.1, 0.15) is 37.5 Å². The first kappa shape index (κ1) is 16.8. The average molecular weight is 346 g/mol. The molecule has 2 aromatic rings. The van der Waals surface area contributed by atoms with Gasteiger partial charge in [0.15, 0.2) is 0 Å². The maximum absolute atomic E-state index is 12.8. The Morgan fingerprint density at radius 1 is 1.25 bits per heavy atom. The van der Waals surface area contributed by atoms with Gasteiger partial charge in [-0.2, -0.15) is 0 Å². The molecule has 1 aromatic carbocycles. The van der Waals surface area contributed by atoms with Crippen molar-refractivity contribution in [3.63, 3.8) is 0 Å². The minimum Gasteiger partial charge on any atom is -0.467 e. The molecule has 24 heavy (non-hydrogen) atoms. The summed E-state index contributed by atoms with van der Waals surface area (Å²) in [5, 5.41) is 2.94. The van der Waals surface area contributed by atoms with Crippen LogP contribution >= 0.6 is 0 Å². The van der Waals surface area contributed by atoms with Gasteiger partial charge in [0.25, 0.3) is 0 Å². The Hall–Kier alpha value is -2.08. The molecule has 0 spiro atoms. The van der Waals surface area contributed by atoms with Crippen LogP contribution in [0.4, 0.5) is 10.5 Å². The summed E-state index contributed by atoms with van der Waals surface area (Å²) in [4.78, 5) is 15.4. The molecule has 2 amide bonds. The van der Waals surface area contributed by atoms with Crippen molar-refractivity contribution in [2.24, 2.45) is 0 Å². The van der Waals surface area contributed by atoms with Gasteiger partial charge in [-0.05, 0) is 43.2 Å². The van der Waals surface area contributed by atoms with Crippen LogP contribution in [0.3, 0.4) is 0 Å². The molecule has 5 nitrogen and oxygen atoms in total. The lowest BCUT2D eigenvalue weighted by atomic mass is 10.1. The number of furan rings is 1. The van der Waals surface area contributed by atoms with E-state index in [1.165, 1.54) is 0 Å². The minimum atomic E-state index is -1.07. The number of rotatable bonds is 3. The molecule has 0 aliphatic carbocycles. The molecule has 3 rings (SSSR count). The van der Waals surface area contributed by atoms with Gasteiger partial charge in [-0.3, -0.25) is 4.21 Å². The van der Waals surface area contributed by atoms with Gasteiger partial charge in [-0.1, -0.05) is 18.9 Å². The molecule has 1 aliphatic heterocycles. The Morgan fingerprint density at radius 3 is 2.88 bits per heavy atom. The predicted molar refractivity (Wildman–Crippen MR) is 94.4 cm³/mol. The quantitative estimate of drug-likeness (QED) is 0.907. The third kappa shape index (κ3) is 3.87. The third-order valence-electron chi connectivity index (χ3n) is 4.30. The molecular formula is C18H22N2O3S. The second-order valence-electron chi connectivity index (χ2n) is 5.99. The predicted octanol–water partition coefficient (Wildman–Crippen LogP) is 4.17. The number of hydrogen-bond acceptors (Lipinski definition) is 3. The first-order valence-electron chi connectivity index (χ1n) is 8.19. The summed E-state index contributed by atoms with van der Waals surface area (Å²) in [7, 11) is -1.07. The molecule has 2 heterocycles. The maximum Gasteiger partial charge on any atom is 0.322 e. The van der Waals surface area contributed by atoms with E-state index in [0.29, 0.717) is 17.1 Å². The van der Waals surface area contributed by atoms with E-state index in [0.717, 1.165) is 31.4 Å². The fourth-order valence-electron chi connectivity index (χ4n) is 3.08. The normalized spacial score (nSPS) is 19.5. The standard InChI is InChI=1S/C18H22N2O3S/c1-24(22)15-8-5-7-14(13-15)19-18(21)20-11-4-2-3-9-16(20)17-10-6-12-23-17/h5-8,10,12-13,16H,2-4,9,11H2,1H3,(H,19,21)/t16-,24-/m1/s1. The van der Waals surface area contributed by atoms with Crippen LogP contribution in [-0.2, 0) is 10.8 Å². The van der Waals surface area contributed by atoms with E-state index in [2.05, 4.69) is 5.32 Å². The number of carbonyl (C=O) groups excluding carboxylic acids is 1. The summed E-state index contributed by atoms with van der Waals surface area (Å²) in [5.74, 6) is 0.829. The van der Waals surface area contributed by atoms with Crippen molar-refractivity contribution in [2.45, 2.75) is 36.6 Å². The first-order valence-corrected chi connectivity index (χ1v) is 9.75. The van der Waals surface area contributed by atoms with E-state index < -0.39 is 10.8 Å². The molecule has 1 aromatic heterocycles. The van der Waals surface area contributed by atoms with Crippen LogP contribution in [0.15, 0.2) is 52.0 Å². The highest BCUT2D eigenvalue weighted by molar-refractivity contribution is 7.84. The van der Waals surface area contributed by atoms with Crippen LogP contribution in [0, 0.1) is 0 Å². The SMILES string of the molecule is C[S@@](=O)c1cccc(NC(=O)N2CCCCC[C@@H]2c2ccco2)c1. The van der Waals surface area contributed by atoms with E-state index in [-0.39, 0.29) is 12.1 Å². The van der Waals surface area contributed by atoms with Crippen LogP contribution in [-0.4, -0.2) is 27.9 Å². The fourth-order valence-corrected chi connectivity index (χ4v) is 3.64. The van der Waals surface area contributed by atoms with Gasteiger partial charge in [-0.25, -0.2) is 4.79 Å². The summed E-state index contributed by atoms with van der Waals surface area (Å²) < 4.78 is 17.2. The number of nitrogens with one attached hydrogen (secondary N) is 1. The number of likely N-dealkylation sites (tertiary alicyclic amines) is 1. The Balaban J connectivity index is 1.78. The molecule has 1 N–H and O–H groups in total. The molecule has 0 unspecified atom stereocenters. The number of hydrogen-bond donors (Lipinski definition) is 1. The van der Waals surface area contributed by atoms with Crippen molar-refractivity contribution >= 4 is 22.5 Å². The highest BCUT2D eigenvalue weighted by Crippen LogP contribution is 2.31. The summed E-state index contributed by atoms with van der Waals surface area (Å²) in [5.41, 5.74) is 0.662. The largest absolute Gasteiger partial charge is 0.467 e. The highest BCUT2D eigenvalue weighted by atomic mass is 32.2. The molecule has 2 atom stereocenters. The Bertz CT molecular complexity index is 715. The van der Waals surface area contributed by atoms with Gasteiger partial charge in [-0.15, -0.1) is 0 Å². The zero-order valence-electron chi connectivity index (χ0n) is 13.7. The molecule has 0 bridgehead atoms. The zero-order chi connectivity index (χ0) is 16.9. The lowest BCUT2D eigenvalue weighted by Gasteiger charge is -2.28. The first-order chi connectivity index (χ1) is 11.6. The van der Waals surface area contributed by atoms with Crippen molar-refractivity contribution in [3.05, 3.63) is 48.4 Å². The topological polar surface area (TPSA) is 62.6 Å². The summed E-state index contributed by atoms with van der Waals surface area (Å²) in [6.07, 6.45) is 7.37. The van der Waals surface area contributed by atoms with Gasteiger partial charge < -0.3 is 14.6 Å². The number of amides is 2. The summed E-state index contributed by atoms with van der Waals surface area (Å²) >= 11 is 0. The number of anilines is 1. The van der Waals surface area contributed by atoms with Crippen molar-refractivity contribution < 1.29 is 13.4 Å². The summed E-state index contributed by atoms with van der Waals surface area (Å²) in [6, 6.07) is 10.8. The van der Waals surface area contributed by atoms with Crippen molar-refractivity contribution in [2.75, 3.05) is 18.1 Å². The molecule has 128 valence electrons.